The molecule has 6 rings (SSSR count). The van der Waals surface area contributed by atoms with E-state index in [2.05, 4.69) is 30.7 Å². The molecule has 1 aliphatic rings. The van der Waals surface area contributed by atoms with Gasteiger partial charge in [0.15, 0.2) is 0 Å². The molecule has 0 saturated carbocycles. The maximum absolute atomic E-state index is 14.9. The van der Waals surface area contributed by atoms with Gasteiger partial charge in [-0.15, -0.1) is 13.2 Å². The van der Waals surface area contributed by atoms with Crippen molar-refractivity contribution in [2.45, 2.75) is 37.6 Å². The Labute approximate surface area is 262 Å². The van der Waals surface area contributed by atoms with Gasteiger partial charge in [0.05, 0.1) is 16.7 Å². The van der Waals surface area contributed by atoms with Crippen LogP contribution >= 0.6 is 0 Å². The molecular formula is C34H31F3N6O3. The van der Waals surface area contributed by atoms with Crippen LogP contribution in [0.25, 0.3) is 21.8 Å². The lowest BCUT2D eigenvalue weighted by molar-refractivity contribution is -0.274. The molecule has 2 aromatic heterocycles. The Balaban J connectivity index is 1.53. The van der Waals surface area contributed by atoms with E-state index in [1.165, 1.54) is 12.1 Å². The number of rotatable bonds is 8. The molecule has 3 amide bonds. The number of amides is 3. The number of hydrogen-bond acceptors (Lipinski definition) is 7. The second-order valence-corrected chi connectivity index (χ2v) is 11.2. The Bertz CT molecular complexity index is 1870. The van der Waals surface area contributed by atoms with Crippen LogP contribution < -0.4 is 25.6 Å². The van der Waals surface area contributed by atoms with Crippen molar-refractivity contribution in [2.24, 2.45) is 0 Å². The summed E-state index contributed by atoms with van der Waals surface area (Å²) in [4.78, 5) is 38.8. The average Bonchev–Trinajstić information content (AvgIpc) is 3.32. The van der Waals surface area contributed by atoms with E-state index in [9.17, 15) is 22.8 Å². The van der Waals surface area contributed by atoms with Crippen LogP contribution in [0.4, 0.5) is 35.0 Å². The summed E-state index contributed by atoms with van der Waals surface area (Å²) in [6, 6.07) is 19.1. The lowest BCUT2D eigenvalue weighted by Crippen LogP contribution is -2.55. The number of carbonyl (C=O) groups is 2. The largest absolute Gasteiger partial charge is 0.573 e. The van der Waals surface area contributed by atoms with Crippen molar-refractivity contribution in [1.82, 2.24) is 15.3 Å². The number of nitrogens with one attached hydrogen (secondary N) is 3. The highest BCUT2D eigenvalue weighted by molar-refractivity contribution is 6.24. The van der Waals surface area contributed by atoms with Gasteiger partial charge in [0, 0.05) is 60.5 Å². The van der Waals surface area contributed by atoms with Gasteiger partial charge >= 0.3 is 12.4 Å². The third kappa shape index (κ3) is 5.19. The van der Waals surface area contributed by atoms with Crippen molar-refractivity contribution in [3.05, 3.63) is 96.3 Å². The monoisotopic (exact) mass is 628 g/mol. The predicted octanol–water partition coefficient (Wildman–Crippen LogP) is 7.17. The molecule has 5 aromatic rings. The van der Waals surface area contributed by atoms with Gasteiger partial charge in [0.2, 0.25) is 0 Å². The number of ether oxygens (including phenoxy) is 1. The Morgan fingerprint density at radius 3 is 1.74 bits per heavy atom. The minimum absolute atomic E-state index is 0.104. The van der Waals surface area contributed by atoms with Crippen molar-refractivity contribution in [3.8, 4) is 5.75 Å². The summed E-state index contributed by atoms with van der Waals surface area (Å²) in [5, 5.41) is 10.9. The molecule has 1 saturated heterocycles. The lowest BCUT2D eigenvalue weighted by atomic mass is 9.68. The first kappa shape index (κ1) is 30.6. The quantitative estimate of drug-likeness (QED) is 0.156. The van der Waals surface area contributed by atoms with E-state index < -0.39 is 41.4 Å². The number of benzene rings is 3. The molecule has 0 aliphatic carbocycles. The number of urea groups is 1. The van der Waals surface area contributed by atoms with Crippen LogP contribution in [0.5, 0.6) is 5.75 Å². The summed E-state index contributed by atoms with van der Waals surface area (Å²) in [6.45, 7) is 3.78. The van der Waals surface area contributed by atoms with Crippen LogP contribution in [0.1, 0.15) is 36.8 Å². The van der Waals surface area contributed by atoms with Gasteiger partial charge in [0.1, 0.15) is 11.3 Å². The molecule has 46 heavy (non-hydrogen) atoms. The molecule has 2 unspecified atom stereocenters. The molecule has 2 atom stereocenters. The summed E-state index contributed by atoms with van der Waals surface area (Å²) < 4.78 is 42.5. The number of hydrogen-bond donors (Lipinski definition) is 3. The first-order chi connectivity index (χ1) is 22.0. The number of imide groups is 1. The fourth-order valence-electron chi connectivity index (χ4n) is 6.45. The summed E-state index contributed by atoms with van der Waals surface area (Å²) >= 11 is 0. The third-order valence-corrected chi connectivity index (χ3v) is 8.83. The molecule has 3 N–H and O–H groups in total. The Kier molecular flexibility index (Phi) is 7.67. The van der Waals surface area contributed by atoms with E-state index in [1.807, 2.05) is 76.5 Å². The number of pyridine rings is 2. The van der Waals surface area contributed by atoms with Crippen LogP contribution in [-0.2, 0) is 4.79 Å². The van der Waals surface area contributed by atoms with Gasteiger partial charge in [0.25, 0.3) is 5.91 Å². The maximum Gasteiger partial charge on any atom is 0.573 e. The van der Waals surface area contributed by atoms with E-state index in [1.54, 1.807) is 12.4 Å². The van der Waals surface area contributed by atoms with E-state index in [4.69, 9.17) is 0 Å². The van der Waals surface area contributed by atoms with E-state index >= 15 is 0 Å². The van der Waals surface area contributed by atoms with Gasteiger partial charge in [-0.05, 0) is 83.9 Å². The number of carbonyl (C=O) groups excluding carboxylic acids is 2. The molecule has 3 aromatic carbocycles. The highest BCUT2D eigenvalue weighted by Crippen LogP contribution is 2.47. The maximum atomic E-state index is 14.9. The molecule has 12 heteroatoms. The van der Waals surface area contributed by atoms with Gasteiger partial charge < -0.3 is 20.7 Å². The van der Waals surface area contributed by atoms with Crippen LogP contribution in [0.2, 0.25) is 0 Å². The smallest absolute Gasteiger partial charge is 0.406 e. The number of halogens is 3. The van der Waals surface area contributed by atoms with Crippen molar-refractivity contribution in [2.75, 3.05) is 29.6 Å². The minimum atomic E-state index is -4.89. The average molecular weight is 629 g/mol. The summed E-state index contributed by atoms with van der Waals surface area (Å²) in [7, 11) is 3.61. The molecule has 9 nitrogen and oxygen atoms in total. The van der Waals surface area contributed by atoms with E-state index in [0.29, 0.717) is 11.0 Å². The SMILES string of the molecule is CNc1ccc2nccc(C(C)C3(C(C)c4ccnc5ccc(NC)cc45)NC(=O)N(c4ccc(OC(F)(F)F)cc4)C3=O)c2c1. The number of nitrogens with zero attached hydrogens (tertiary/aromatic N) is 3. The summed E-state index contributed by atoms with van der Waals surface area (Å²) in [6.07, 6.45) is -1.54. The number of alkyl halides is 3. The topological polar surface area (TPSA) is 108 Å². The van der Waals surface area contributed by atoms with Gasteiger partial charge in [-0.25, -0.2) is 9.69 Å². The second-order valence-electron chi connectivity index (χ2n) is 11.2. The fourth-order valence-corrected chi connectivity index (χ4v) is 6.45. The molecule has 0 bridgehead atoms. The van der Waals surface area contributed by atoms with Gasteiger partial charge in [-0.3, -0.25) is 14.8 Å². The highest BCUT2D eigenvalue weighted by Gasteiger charge is 2.59. The van der Waals surface area contributed by atoms with Crippen LogP contribution in [-0.4, -0.2) is 47.9 Å². The molecule has 1 aliphatic heterocycles. The van der Waals surface area contributed by atoms with Crippen LogP contribution in [0.15, 0.2) is 85.2 Å². The lowest BCUT2D eigenvalue weighted by Gasteiger charge is -2.39. The number of anilines is 3. The van der Waals surface area contributed by atoms with Gasteiger partial charge in [-0.2, -0.15) is 0 Å². The normalized spacial score (nSPS) is 18.0. The fraction of sp³-hybridized carbons (Fsp3) is 0.235. The summed E-state index contributed by atoms with van der Waals surface area (Å²) in [5.41, 5.74) is 3.26. The van der Waals surface area contributed by atoms with Crippen molar-refractivity contribution < 1.29 is 27.5 Å². The number of aromatic nitrogens is 2. The van der Waals surface area contributed by atoms with Crippen molar-refractivity contribution in [1.29, 1.82) is 0 Å². The van der Waals surface area contributed by atoms with Crippen molar-refractivity contribution >= 4 is 50.8 Å². The number of fused-ring (bicyclic) bond motifs is 2. The first-order valence-electron chi connectivity index (χ1n) is 14.6. The van der Waals surface area contributed by atoms with Gasteiger partial charge in [-0.1, -0.05) is 13.8 Å². The molecule has 1 fully saturated rings. The second kappa shape index (κ2) is 11.5. The Morgan fingerprint density at radius 1 is 0.783 bits per heavy atom. The zero-order valence-corrected chi connectivity index (χ0v) is 25.4. The molecular weight excluding hydrogens is 597 g/mol. The van der Waals surface area contributed by atoms with E-state index in [-0.39, 0.29) is 5.69 Å². The van der Waals surface area contributed by atoms with Crippen LogP contribution in [0, 0.1) is 0 Å². The molecule has 0 radical (unpaired) electrons. The molecule has 0 spiro atoms. The first-order valence-corrected chi connectivity index (χ1v) is 14.6. The minimum Gasteiger partial charge on any atom is -0.406 e. The highest BCUT2D eigenvalue weighted by atomic mass is 19.4. The van der Waals surface area contributed by atoms with E-state index in [0.717, 1.165) is 50.3 Å². The standard InChI is InChI=1S/C34H31F3N6O3/c1-19(25-13-15-40-29-11-5-21(38-3)17-27(25)29)33(20(2)26-14-16-41-30-12-6-22(39-4)18-28(26)30)31(44)43(32(45)42-33)23-7-9-24(10-8-23)46-34(35,36)37/h5-20,38-39H,1-4H3,(H,42,45). The zero-order chi connectivity index (χ0) is 32.8. The van der Waals surface area contributed by atoms with Crippen molar-refractivity contribution in [3.63, 3.8) is 0 Å². The zero-order valence-electron chi connectivity index (χ0n) is 25.4. The molecule has 236 valence electrons. The predicted molar refractivity (Wildman–Crippen MR) is 171 cm³/mol. The Hall–Kier alpha value is -5.39. The Morgan fingerprint density at radius 2 is 1.28 bits per heavy atom. The summed E-state index contributed by atoms with van der Waals surface area (Å²) in [5.74, 6) is -2.23. The van der Waals surface area contributed by atoms with Crippen LogP contribution in [0.3, 0.4) is 0 Å². The molecule has 3 heterocycles. The third-order valence-electron chi connectivity index (χ3n) is 8.83.